The number of anilines is 1. The van der Waals surface area contributed by atoms with Crippen molar-refractivity contribution in [1.29, 1.82) is 0 Å². The van der Waals surface area contributed by atoms with Crippen molar-refractivity contribution < 1.29 is 14.7 Å². The maximum absolute atomic E-state index is 14.6. The zero-order chi connectivity index (χ0) is 32.8. The Kier molecular flexibility index (Phi) is 10.6. The summed E-state index contributed by atoms with van der Waals surface area (Å²) in [6, 6.07) is 23.7. The molecule has 46 heavy (non-hydrogen) atoms. The highest BCUT2D eigenvalue weighted by Gasteiger charge is 2.32. The Hall–Kier alpha value is -4.43. The second-order valence-electron chi connectivity index (χ2n) is 12.5. The largest absolute Gasteiger partial charge is 0.394 e. The van der Waals surface area contributed by atoms with Gasteiger partial charge in [0.2, 0.25) is 0 Å². The highest BCUT2D eigenvalue weighted by Crippen LogP contribution is 2.31. The lowest BCUT2D eigenvalue weighted by Gasteiger charge is -2.36. The predicted molar refractivity (Wildman–Crippen MR) is 185 cm³/mol. The van der Waals surface area contributed by atoms with Crippen LogP contribution in [0.2, 0.25) is 0 Å². The van der Waals surface area contributed by atoms with Crippen LogP contribution in [0.15, 0.2) is 72.8 Å². The molecule has 8 nitrogen and oxygen atoms in total. The summed E-state index contributed by atoms with van der Waals surface area (Å²) in [6.45, 7) is 7.85. The van der Waals surface area contributed by atoms with E-state index in [4.69, 9.17) is 5.10 Å². The first-order chi connectivity index (χ1) is 22.2. The van der Waals surface area contributed by atoms with Gasteiger partial charge < -0.3 is 19.8 Å². The molecule has 0 saturated heterocycles. The van der Waals surface area contributed by atoms with Crippen LogP contribution in [0.4, 0.5) is 5.69 Å². The summed E-state index contributed by atoms with van der Waals surface area (Å²) in [6.07, 6.45) is 4.49. The van der Waals surface area contributed by atoms with Gasteiger partial charge in [-0.05, 0) is 78.8 Å². The number of unbranched alkanes of at least 4 members (excludes halogenated alkanes) is 2. The number of rotatable bonds is 12. The van der Waals surface area contributed by atoms with Crippen LogP contribution in [0.3, 0.4) is 0 Å². The molecule has 242 valence electrons. The molecule has 1 aromatic heterocycles. The molecule has 0 unspecified atom stereocenters. The maximum Gasteiger partial charge on any atom is 0.274 e. The van der Waals surface area contributed by atoms with E-state index in [0.717, 1.165) is 59.3 Å². The van der Waals surface area contributed by atoms with Crippen molar-refractivity contribution in [3.8, 4) is 16.8 Å². The fourth-order valence-corrected chi connectivity index (χ4v) is 6.16. The number of carbonyl (C=O) groups excluding carboxylic acids is 2. The number of aryl methyl sites for hydroxylation is 1. The van der Waals surface area contributed by atoms with Gasteiger partial charge in [0.25, 0.3) is 11.8 Å². The minimum absolute atomic E-state index is 0.0813. The van der Waals surface area contributed by atoms with Crippen molar-refractivity contribution in [2.24, 2.45) is 0 Å². The zero-order valence-electron chi connectivity index (χ0n) is 27.9. The molecule has 0 saturated carbocycles. The Morgan fingerprint density at radius 2 is 1.54 bits per heavy atom. The van der Waals surface area contributed by atoms with Crippen molar-refractivity contribution in [3.63, 3.8) is 0 Å². The molecule has 1 aliphatic heterocycles. The summed E-state index contributed by atoms with van der Waals surface area (Å²) in [5.41, 5.74) is 7.46. The normalized spacial score (nSPS) is 14.2. The van der Waals surface area contributed by atoms with Crippen LogP contribution in [-0.4, -0.2) is 76.3 Å². The Labute approximate surface area is 273 Å². The lowest BCUT2D eigenvalue weighted by Crippen LogP contribution is -2.46. The van der Waals surface area contributed by atoms with E-state index in [-0.39, 0.29) is 24.5 Å². The lowest BCUT2D eigenvalue weighted by atomic mass is 9.93. The van der Waals surface area contributed by atoms with E-state index in [1.165, 1.54) is 0 Å². The van der Waals surface area contributed by atoms with Crippen LogP contribution < -0.4 is 4.90 Å². The molecule has 0 spiro atoms. The van der Waals surface area contributed by atoms with Gasteiger partial charge in [0.05, 0.1) is 23.9 Å². The number of amides is 2. The smallest absolute Gasteiger partial charge is 0.274 e. The minimum Gasteiger partial charge on any atom is -0.394 e. The third-order valence-corrected chi connectivity index (χ3v) is 8.96. The highest BCUT2D eigenvalue weighted by molar-refractivity contribution is 6.00. The first-order valence-electron chi connectivity index (χ1n) is 16.5. The zero-order valence-corrected chi connectivity index (χ0v) is 27.9. The molecule has 2 amide bonds. The van der Waals surface area contributed by atoms with Crippen LogP contribution in [0, 0.1) is 6.92 Å². The molecule has 0 radical (unpaired) electrons. The number of carbonyl (C=O) groups is 2. The van der Waals surface area contributed by atoms with Gasteiger partial charge in [-0.15, -0.1) is 0 Å². The Morgan fingerprint density at radius 1 is 0.891 bits per heavy atom. The van der Waals surface area contributed by atoms with E-state index >= 15 is 0 Å². The molecule has 1 atom stereocenters. The number of aliphatic hydroxyl groups is 1. The standard InChI is InChI=1S/C38H47N5O3/c1-6-8-20-41(21-9-7-2)38(46)35-22-27(3)43(39-35)36-19-16-30(28-14-17-32(18-15-28)40(4)5)24-34(36)37(45)42-25-31-13-11-10-12-29(31)23-33(42)26-44/h10-19,22,24,33,44H,6-9,20-21,23,25-26H2,1-5H3/t33-/m0/s1. The minimum atomic E-state index is -0.347. The van der Waals surface area contributed by atoms with Crippen molar-refractivity contribution in [2.45, 2.75) is 65.5 Å². The summed E-state index contributed by atoms with van der Waals surface area (Å²) in [5, 5.41) is 15.2. The van der Waals surface area contributed by atoms with Gasteiger partial charge in [-0.25, -0.2) is 4.68 Å². The molecule has 1 N–H and O–H groups in total. The molecular formula is C38H47N5O3. The summed E-state index contributed by atoms with van der Waals surface area (Å²) in [7, 11) is 4.01. The van der Waals surface area contributed by atoms with Gasteiger partial charge in [-0.3, -0.25) is 9.59 Å². The van der Waals surface area contributed by atoms with Crippen molar-refractivity contribution in [1.82, 2.24) is 19.6 Å². The SMILES string of the molecule is CCCCN(CCCC)C(=O)c1cc(C)n(-c2ccc(-c3ccc(N(C)C)cc3)cc2C(=O)N2Cc3ccccc3C[C@H]2CO)n1. The third kappa shape index (κ3) is 7.02. The van der Waals surface area contributed by atoms with E-state index < -0.39 is 0 Å². The molecule has 2 heterocycles. The van der Waals surface area contributed by atoms with Gasteiger partial charge >= 0.3 is 0 Å². The number of hydrogen-bond acceptors (Lipinski definition) is 5. The number of aliphatic hydroxyl groups excluding tert-OH is 1. The van der Waals surface area contributed by atoms with Gasteiger partial charge in [-0.2, -0.15) is 5.10 Å². The number of benzene rings is 3. The topological polar surface area (TPSA) is 81.9 Å². The lowest BCUT2D eigenvalue weighted by molar-refractivity contribution is 0.0544. The molecule has 8 heteroatoms. The average Bonchev–Trinajstić information content (AvgIpc) is 3.47. The first kappa shape index (κ1) is 32.9. The molecule has 0 fully saturated rings. The number of hydrogen-bond donors (Lipinski definition) is 1. The van der Waals surface area contributed by atoms with Crippen LogP contribution >= 0.6 is 0 Å². The summed E-state index contributed by atoms with van der Waals surface area (Å²) in [4.78, 5) is 34.0. The third-order valence-electron chi connectivity index (χ3n) is 8.96. The fraction of sp³-hybridized carbons (Fsp3) is 0.395. The van der Waals surface area contributed by atoms with Crippen LogP contribution in [-0.2, 0) is 13.0 Å². The number of aromatic nitrogens is 2. The molecule has 0 bridgehead atoms. The van der Waals surface area contributed by atoms with Crippen LogP contribution in [0.5, 0.6) is 0 Å². The number of nitrogens with zero attached hydrogens (tertiary/aromatic N) is 5. The second-order valence-corrected chi connectivity index (χ2v) is 12.5. The van der Waals surface area contributed by atoms with Crippen molar-refractivity contribution in [2.75, 3.05) is 38.7 Å². The van der Waals surface area contributed by atoms with Crippen molar-refractivity contribution in [3.05, 3.63) is 101 Å². The highest BCUT2D eigenvalue weighted by atomic mass is 16.3. The van der Waals surface area contributed by atoms with E-state index in [1.807, 2.05) is 68.4 Å². The molecule has 5 rings (SSSR count). The van der Waals surface area contributed by atoms with Crippen molar-refractivity contribution >= 4 is 17.5 Å². The Balaban J connectivity index is 1.57. The molecule has 0 aliphatic carbocycles. The van der Waals surface area contributed by atoms with E-state index in [2.05, 4.69) is 49.1 Å². The second kappa shape index (κ2) is 14.8. The van der Waals surface area contributed by atoms with E-state index in [9.17, 15) is 14.7 Å². The predicted octanol–water partition coefficient (Wildman–Crippen LogP) is 6.52. The molecular weight excluding hydrogens is 574 g/mol. The van der Waals surface area contributed by atoms with Crippen LogP contribution in [0.1, 0.15) is 77.2 Å². The van der Waals surface area contributed by atoms with Gasteiger partial charge in [0.15, 0.2) is 5.69 Å². The maximum atomic E-state index is 14.6. The van der Waals surface area contributed by atoms with E-state index in [0.29, 0.717) is 43.0 Å². The van der Waals surface area contributed by atoms with Gasteiger partial charge in [-0.1, -0.05) is 69.2 Å². The summed E-state index contributed by atoms with van der Waals surface area (Å²) >= 11 is 0. The average molecular weight is 622 g/mol. The van der Waals surface area contributed by atoms with Gasteiger partial charge in [0, 0.05) is 45.1 Å². The Bertz CT molecular complexity index is 1650. The quantitative estimate of drug-likeness (QED) is 0.195. The molecule has 4 aromatic rings. The fourth-order valence-electron chi connectivity index (χ4n) is 6.16. The summed E-state index contributed by atoms with van der Waals surface area (Å²) in [5.74, 6) is -0.257. The monoisotopic (exact) mass is 621 g/mol. The Morgan fingerprint density at radius 3 is 2.17 bits per heavy atom. The molecule has 1 aliphatic rings. The number of fused-ring (bicyclic) bond motifs is 1. The molecule has 3 aromatic carbocycles. The van der Waals surface area contributed by atoms with Crippen LogP contribution in [0.25, 0.3) is 16.8 Å². The van der Waals surface area contributed by atoms with E-state index in [1.54, 1.807) is 9.58 Å². The summed E-state index contributed by atoms with van der Waals surface area (Å²) < 4.78 is 1.73. The first-order valence-corrected chi connectivity index (χ1v) is 16.5. The van der Waals surface area contributed by atoms with Gasteiger partial charge in [0.1, 0.15) is 0 Å².